The Bertz CT molecular complexity index is 1340. The van der Waals surface area contributed by atoms with Crippen LogP contribution in [0, 0.1) is 6.92 Å². The number of fused-ring (bicyclic) bond motifs is 2. The molecule has 0 spiro atoms. The molecule has 35 heavy (non-hydrogen) atoms. The van der Waals surface area contributed by atoms with E-state index in [-0.39, 0.29) is 0 Å². The van der Waals surface area contributed by atoms with Gasteiger partial charge in [0.05, 0.1) is 29.5 Å². The SMILES string of the molecule is COc1cc(N2CCN(C3CCN(c4cccc5cc(C)cnc45)CC3)CC2)c2ncccc2c1. The van der Waals surface area contributed by atoms with Gasteiger partial charge in [-0.2, -0.15) is 0 Å². The van der Waals surface area contributed by atoms with E-state index in [2.05, 4.69) is 69.1 Å². The maximum absolute atomic E-state index is 5.58. The van der Waals surface area contributed by atoms with Gasteiger partial charge < -0.3 is 14.5 Å². The lowest BCUT2D eigenvalue weighted by atomic mass is 10.0. The third kappa shape index (κ3) is 4.27. The smallest absolute Gasteiger partial charge is 0.121 e. The van der Waals surface area contributed by atoms with Crippen molar-refractivity contribution >= 4 is 33.2 Å². The van der Waals surface area contributed by atoms with Gasteiger partial charge in [-0.1, -0.05) is 18.2 Å². The third-order valence-electron chi connectivity index (χ3n) is 7.70. The van der Waals surface area contributed by atoms with Gasteiger partial charge in [0.2, 0.25) is 0 Å². The summed E-state index contributed by atoms with van der Waals surface area (Å²) in [4.78, 5) is 17.2. The fourth-order valence-electron chi connectivity index (χ4n) is 5.81. The van der Waals surface area contributed by atoms with Gasteiger partial charge in [0.15, 0.2) is 0 Å². The van der Waals surface area contributed by atoms with E-state index in [1.165, 1.54) is 35.2 Å². The molecule has 6 rings (SSSR count). The van der Waals surface area contributed by atoms with E-state index in [0.29, 0.717) is 6.04 Å². The van der Waals surface area contributed by atoms with Crippen molar-refractivity contribution < 1.29 is 4.74 Å². The van der Waals surface area contributed by atoms with Gasteiger partial charge in [-0.3, -0.25) is 14.9 Å². The molecule has 2 aromatic heterocycles. The molecule has 2 fully saturated rings. The van der Waals surface area contributed by atoms with Gasteiger partial charge in [0, 0.05) is 74.5 Å². The van der Waals surface area contributed by atoms with E-state index in [9.17, 15) is 0 Å². The zero-order valence-corrected chi connectivity index (χ0v) is 20.7. The molecule has 0 bridgehead atoms. The summed E-state index contributed by atoms with van der Waals surface area (Å²) in [6.45, 7) is 8.50. The number of aryl methyl sites for hydroxylation is 1. The average molecular weight is 468 g/mol. The Hall–Kier alpha value is -3.38. The molecule has 2 aromatic carbocycles. The van der Waals surface area contributed by atoms with Gasteiger partial charge in [-0.25, -0.2) is 0 Å². The number of hydrogen-bond acceptors (Lipinski definition) is 6. The number of para-hydroxylation sites is 1. The highest BCUT2D eigenvalue weighted by molar-refractivity contribution is 5.92. The van der Waals surface area contributed by atoms with E-state index in [1.807, 2.05) is 18.5 Å². The highest BCUT2D eigenvalue weighted by Crippen LogP contribution is 2.33. The molecule has 0 saturated carbocycles. The highest BCUT2D eigenvalue weighted by Gasteiger charge is 2.29. The zero-order valence-electron chi connectivity index (χ0n) is 20.7. The van der Waals surface area contributed by atoms with Gasteiger partial charge in [-0.05, 0) is 49.6 Å². The van der Waals surface area contributed by atoms with Crippen LogP contribution in [0.15, 0.2) is 60.9 Å². The summed E-state index contributed by atoms with van der Waals surface area (Å²) < 4.78 is 5.58. The number of hydrogen-bond donors (Lipinski definition) is 0. The first-order valence-corrected chi connectivity index (χ1v) is 12.7. The summed E-state index contributed by atoms with van der Waals surface area (Å²) in [7, 11) is 1.74. The number of piperazine rings is 1. The van der Waals surface area contributed by atoms with Crippen LogP contribution in [0.5, 0.6) is 5.75 Å². The molecule has 6 heteroatoms. The zero-order chi connectivity index (χ0) is 23.8. The van der Waals surface area contributed by atoms with E-state index < -0.39 is 0 Å². The molecule has 0 amide bonds. The van der Waals surface area contributed by atoms with E-state index in [4.69, 9.17) is 9.72 Å². The second kappa shape index (κ2) is 9.34. The quantitative estimate of drug-likeness (QED) is 0.426. The van der Waals surface area contributed by atoms with Crippen LogP contribution in [0.3, 0.4) is 0 Å². The lowest BCUT2D eigenvalue weighted by Gasteiger charge is -2.44. The number of nitrogens with zero attached hydrogens (tertiary/aromatic N) is 5. The first kappa shape index (κ1) is 22.1. The normalized spacial score (nSPS) is 17.9. The topological polar surface area (TPSA) is 44.7 Å². The molecule has 0 radical (unpaired) electrons. The van der Waals surface area contributed by atoms with Crippen molar-refractivity contribution in [3.05, 3.63) is 66.5 Å². The van der Waals surface area contributed by atoms with Gasteiger partial charge in [0.1, 0.15) is 5.75 Å². The Kier molecular flexibility index (Phi) is 5.90. The second-order valence-electron chi connectivity index (χ2n) is 9.82. The van der Waals surface area contributed by atoms with Crippen molar-refractivity contribution in [2.24, 2.45) is 0 Å². The maximum atomic E-state index is 5.58. The molecule has 0 atom stereocenters. The summed E-state index contributed by atoms with van der Waals surface area (Å²) >= 11 is 0. The second-order valence-corrected chi connectivity index (χ2v) is 9.82. The van der Waals surface area contributed by atoms with Crippen molar-refractivity contribution in [2.45, 2.75) is 25.8 Å². The third-order valence-corrected chi connectivity index (χ3v) is 7.70. The van der Waals surface area contributed by atoms with Crippen LogP contribution >= 0.6 is 0 Å². The molecule has 0 N–H and O–H groups in total. The number of pyridine rings is 2. The minimum absolute atomic E-state index is 0.652. The van der Waals surface area contributed by atoms with Gasteiger partial charge in [-0.15, -0.1) is 0 Å². The molecule has 6 nitrogen and oxygen atoms in total. The molecular weight excluding hydrogens is 434 g/mol. The average Bonchev–Trinajstić information content (AvgIpc) is 2.92. The van der Waals surface area contributed by atoms with Crippen LogP contribution in [0.1, 0.15) is 18.4 Å². The lowest BCUT2D eigenvalue weighted by molar-refractivity contribution is 0.160. The van der Waals surface area contributed by atoms with Crippen LogP contribution in [-0.4, -0.2) is 67.3 Å². The van der Waals surface area contributed by atoms with Crippen LogP contribution in [0.4, 0.5) is 11.4 Å². The molecule has 0 unspecified atom stereocenters. The molecular formula is C29H33N5O. The summed E-state index contributed by atoms with van der Waals surface area (Å²) in [5.74, 6) is 0.897. The summed E-state index contributed by atoms with van der Waals surface area (Å²) in [6.07, 6.45) is 6.27. The lowest BCUT2D eigenvalue weighted by Crippen LogP contribution is -2.53. The Morgan fingerprint density at radius 2 is 1.49 bits per heavy atom. The fraction of sp³-hybridized carbons (Fsp3) is 0.379. The Morgan fingerprint density at radius 1 is 0.771 bits per heavy atom. The molecule has 0 aliphatic carbocycles. The van der Waals surface area contributed by atoms with Crippen molar-refractivity contribution in [1.29, 1.82) is 0 Å². The number of methoxy groups -OCH3 is 1. The van der Waals surface area contributed by atoms with Crippen molar-refractivity contribution in [1.82, 2.24) is 14.9 Å². The van der Waals surface area contributed by atoms with E-state index >= 15 is 0 Å². The highest BCUT2D eigenvalue weighted by atomic mass is 16.5. The maximum Gasteiger partial charge on any atom is 0.121 e. The Morgan fingerprint density at radius 3 is 2.29 bits per heavy atom. The number of ether oxygens (including phenoxy) is 1. The van der Waals surface area contributed by atoms with Crippen molar-refractivity contribution in [3.8, 4) is 5.75 Å². The number of aromatic nitrogens is 2. The first-order chi connectivity index (χ1) is 17.2. The minimum atomic E-state index is 0.652. The molecule has 2 aliphatic rings. The van der Waals surface area contributed by atoms with Gasteiger partial charge in [0.25, 0.3) is 0 Å². The molecule has 2 aliphatic heterocycles. The summed E-state index contributed by atoms with van der Waals surface area (Å²) in [5.41, 5.74) is 5.87. The Balaban J connectivity index is 1.11. The fourth-order valence-corrected chi connectivity index (χ4v) is 5.81. The van der Waals surface area contributed by atoms with Crippen molar-refractivity contribution in [2.75, 3.05) is 56.2 Å². The van der Waals surface area contributed by atoms with Crippen LogP contribution < -0.4 is 14.5 Å². The molecule has 4 heterocycles. The summed E-state index contributed by atoms with van der Waals surface area (Å²) in [6, 6.07) is 17.8. The van der Waals surface area contributed by atoms with E-state index in [1.54, 1.807) is 7.11 Å². The predicted octanol–water partition coefficient (Wildman–Crippen LogP) is 4.89. The van der Waals surface area contributed by atoms with E-state index in [0.717, 1.165) is 61.4 Å². The predicted molar refractivity (Wildman–Crippen MR) is 144 cm³/mol. The Labute approximate surface area is 207 Å². The van der Waals surface area contributed by atoms with Crippen LogP contribution in [0.25, 0.3) is 21.8 Å². The monoisotopic (exact) mass is 467 g/mol. The standard InChI is InChI=1S/C29H33N5O/c1-21-17-22-5-3-7-26(28(22)31-20-21)33-11-8-24(9-12-33)32-13-15-34(16-14-32)27-19-25(35-2)18-23-6-4-10-30-29(23)27/h3-7,10,17-20,24H,8-9,11-16H2,1-2H3. The summed E-state index contributed by atoms with van der Waals surface area (Å²) in [5, 5.41) is 2.37. The minimum Gasteiger partial charge on any atom is -0.497 e. The van der Waals surface area contributed by atoms with Crippen LogP contribution in [0.2, 0.25) is 0 Å². The van der Waals surface area contributed by atoms with Gasteiger partial charge >= 0.3 is 0 Å². The molecule has 4 aromatic rings. The largest absolute Gasteiger partial charge is 0.497 e. The molecule has 2 saturated heterocycles. The first-order valence-electron chi connectivity index (χ1n) is 12.7. The molecule has 180 valence electrons. The van der Waals surface area contributed by atoms with Crippen LogP contribution in [-0.2, 0) is 0 Å². The number of benzene rings is 2. The number of rotatable bonds is 4. The number of anilines is 2. The number of piperidine rings is 1. The van der Waals surface area contributed by atoms with Crippen molar-refractivity contribution in [3.63, 3.8) is 0 Å².